The van der Waals surface area contributed by atoms with Gasteiger partial charge in [0.1, 0.15) is 6.04 Å². The maximum absolute atomic E-state index is 13.0. The topological polar surface area (TPSA) is 87.3 Å². The lowest BCUT2D eigenvalue weighted by Crippen LogP contribution is -2.43. The van der Waals surface area contributed by atoms with Crippen LogP contribution in [0, 0.1) is 0 Å². The summed E-state index contributed by atoms with van der Waals surface area (Å²) in [6.45, 7) is 0.570. The molecule has 2 aromatic carbocycles. The number of hydrogen-bond donors (Lipinski definition) is 2. The standard InChI is InChI=1S/C21H20N4O3/c1-28-20(26)15-7-9-16(10-8-15)24-21(27)25-12-11-17-18(23-13-22-17)19(25)14-5-3-2-4-6-14/h2-10,13,19H,11-12H2,1H3,(H,22,23)(H,24,27). The van der Waals surface area contributed by atoms with Gasteiger partial charge in [-0.2, -0.15) is 0 Å². The van der Waals surface area contributed by atoms with Gasteiger partial charge in [0, 0.05) is 24.3 Å². The summed E-state index contributed by atoms with van der Waals surface area (Å²) in [4.78, 5) is 34.0. The third-order valence-electron chi connectivity index (χ3n) is 4.86. The molecule has 28 heavy (non-hydrogen) atoms. The van der Waals surface area contributed by atoms with Crippen molar-refractivity contribution in [3.63, 3.8) is 0 Å². The molecule has 0 fully saturated rings. The Morgan fingerprint density at radius 3 is 2.61 bits per heavy atom. The monoisotopic (exact) mass is 376 g/mol. The van der Waals surface area contributed by atoms with E-state index in [1.165, 1.54) is 7.11 Å². The van der Waals surface area contributed by atoms with Crippen molar-refractivity contribution in [2.75, 3.05) is 19.0 Å². The van der Waals surface area contributed by atoms with Crippen molar-refractivity contribution in [3.05, 3.63) is 83.4 Å². The average Bonchev–Trinajstić information content (AvgIpc) is 3.22. The Balaban J connectivity index is 1.58. The lowest BCUT2D eigenvalue weighted by Gasteiger charge is -2.35. The van der Waals surface area contributed by atoms with E-state index in [0.29, 0.717) is 24.2 Å². The van der Waals surface area contributed by atoms with Crippen LogP contribution >= 0.6 is 0 Å². The van der Waals surface area contributed by atoms with E-state index in [1.807, 2.05) is 30.3 Å². The summed E-state index contributed by atoms with van der Waals surface area (Å²) < 4.78 is 4.70. The van der Waals surface area contributed by atoms with Crippen LogP contribution in [0.15, 0.2) is 60.9 Å². The zero-order valence-electron chi connectivity index (χ0n) is 15.4. The second-order valence-electron chi connectivity index (χ2n) is 6.52. The first-order chi connectivity index (χ1) is 13.7. The largest absolute Gasteiger partial charge is 0.465 e. The third kappa shape index (κ3) is 3.34. The molecule has 7 nitrogen and oxygen atoms in total. The summed E-state index contributed by atoms with van der Waals surface area (Å²) in [5, 5.41) is 2.92. The Kier molecular flexibility index (Phi) is 4.80. The van der Waals surface area contributed by atoms with Crippen LogP contribution < -0.4 is 5.32 Å². The van der Waals surface area contributed by atoms with E-state index in [1.54, 1.807) is 35.5 Å². The molecule has 2 amide bonds. The first-order valence-corrected chi connectivity index (χ1v) is 9.00. The van der Waals surface area contributed by atoms with Crippen LogP contribution in [0.5, 0.6) is 0 Å². The van der Waals surface area contributed by atoms with E-state index < -0.39 is 5.97 Å². The molecule has 1 aliphatic rings. The van der Waals surface area contributed by atoms with Crippen molar-refractivity contribution < 1.29 is 14.3 Å². The minimum absolute atomic E-state index is 0.215. The number of rotatable bonds is 3. The molecule has 0 spiro atoms. The van der Waals surface area contributed by atoms with Crippen LogP contribution in [0.3, 0.4) is 0 Å². The number of nitrogens with zero attached hydrogens (tertiary/aromatic N) is 2. The SMILES string of the molecule is COC(=O)c1ccc(NC(=O)N2CCc3[nH]cnc3C2c2ccccc2)cc1. The number of H-pyrrole nitrogens is 1. The molecule has 4 rings (SSSR count). The fourth-order valence-electron chi connectivity index (χ4n) is 3.47. The summed E-state index contributed by atoms with van der Waals surface area (Å²) in [6.07, 6.45) is 2.39. The molecule has 7 heteroatoms. The van der Waals surface area contributed by atoms with Gasteiger partial charge in [-0.15, -0.1) is 0 Å². The number of benzene rings is 2. The van der Waals surface area contributed by atoms with E-state index in [2.05, 4.69) is 15.3 Å². The quantitative estimate of drug-likeness (QED) is 0.686. The average molecular weight is 376 g/mol. The normalized spacial score (nSPS) is 15.6. The third-order valence-corrected chi connectivity index (χ3v) is 4.86. The number of imidazole rings is 1. The Labute approximate surface area is 162 Å². The number of esters is 1. The maximum Gasteiger partial charge on any atom is 0.337 e. The molecule has 0 aliphatic carbocycles. The lowest BCUT2D eigenvalue weighted by molar-refractivity contribution is 0.0600. The van der Waals surface area contributed by atoms with E-state index in [4.69, 9.17) is 4.74 Å². The number of aromatic amines is 1. The predicted molar refractivity (Wildman–Crippen MR) is 104 cm³/mol. The molecular formula is C21H20N4O3. The van der Waals surface area contributed by atoms with Gasteiger partial charge in [0.2, 0.25) is 0 Å². The van der Waals surface area contributed by atoms with Gasteiger partial charge in [0.25, 0.3) is 0 Å². The van der Waals surface area contributed by atoms with E-state index in [0.717, 1.165) is 17.0 Å². The second kappa shape index (κ2) is 7.56. The van der Waals surface area contributed by atoms with E-state index in [-0.39, 0.29) is 12.1 Å². The van der Waals surface area contributed by atoms with Crippen LogP contribution in [0.2, 0.25) is 0 Å². The van der Waals surface area contributed by atoms with Gasteiger partial charge in [0.05, 0.1) is 24.7 Å². The number of ether oxygens (including phenoxy) is 1. The molecule has 3 aromatic rings. The fourth-order valence-corrected chi connectivity index (χ4v) is 3.47. The Morgan fingerprint density at radius 1 is 1.14 bits per heavy atom. The van der Waals surface area contributed by atoms with Gasteiger partial charge in [-0.25, -0.2) is 14.6 Å². The molecule has 1 aliphatic heterocycles. The first kappa shape index (κ1) is 17.8. The number of amides is 2. The second-order valence-corrected chi connectivity index (χ2v) is 6.52. The fraction of sp³-hybridized carbons (Fsp3) is 0.190. The van der Waals surface area contributed by atoms with E-state index >= 15 is 0 Å². The van der Waals surface area contributed by atoms with E-state index in [9.17, 15) is 9.59 Å². The molecular weight excluding hydrogens is 356 g/mol. The minimum Gasteiger partial charge on any atom is -0.465 e. The molecule has 0 bridgehead atoms. The van der Waals surface area contributed by atoms with Crippen LogP contribution in [-0.4, -0.2) is 40.5 Å². The number of hydrogen-bond acceptors (Lipinski definition) is 4. The summed E-state index contributed by atoms with van der Waals surface area (Å²) in [7, 11) is 1.33. The van der Waals surface area contributed by atoms with Gasteiger partial charge in [-0.05, 0) is 29.8 Å². The predicted octanol–water partition coefficient (Wildman–Crippen LogP) is 3.38. The minimum atomic E-state index is -0.413. The molecule has 2 N–H and O–H groups in total. The molecule has 1 aromatic heterocycles. The van der Waals surface area contributed by atoms with Crippen LogP contribution in [0.4, 0.5) is 10.5 Å². The van der Waals surface area contributed by atoms with Crippen LogP contribution in [-0.2, 0) is 11.2 Å². The zero-order chi connectivity index (χ0) is 19.5. The van der Waals surface area contributed by atoms with Crippen molar-refractivity contribution in [3.8, 4) is 0 Å². The molecule has 1 atom stereocenters. The highest BCUT2D eigenvalue weighted by molar-refractivity contribution is 5.92. The molecule has 0 saturated carbocycles. The van der Waals surface area contributed by atoms with Gasteiger partial charge in [-0.1, -0.05) is 30.3 Å². The van der Waals surface area contributed by atoms with Crippen LogP contribution in [0.1, 0.15) is 33.4 Å². The number of aromatic nitrogens is 2. The van der Waals surface area contributed by atoms with Gasteiger partial charge in [0.15, 0.2) is 0 Å². The van der Waals surface area contributed by atoms with Crippen molar-refractivity contribution in [1.82, 2.24) is 14.9 Å². The molecule has 0 radical (unpaired) electrons. The van der Waals surface area contributed by atoms with Crippen molar-refractivity contribution >= 4 is 17.7 Å². The molecule has 1 unspecified atom stereocenters. The van der Waals surface area contributed by atoms with Gasteiger partial charge in [-0.3, -0.25) is 0 Å². The zero-order valence-corrected chi connectivity index (χ0v) is 15.4. The number of nitrogens with one attached hydrogen (secondary N) is 2. The number of carbonyl (C=O) groups excluding carboxylic acids is 2. The number of urea groups is 1. The summed E-state index contributed by atoms with van der Waals surface area (Å²) in [5.41, 5.74) is 3.97. The number of fused-ring (bicyclic) bond motifs is 1. The van der Waals surface area contributed by atoms with Crippen molar-refractivity contribution in [2.24, 2.45) is 0 Å². The number of methoxy groups -OCH3 is 1. The Hall–Kier alpha value is -3.61. The van der Waals surface area contributed by atoms with Gasteiger partial charge < -0.3 is 19.9 Å². The van der Waals surface area contributed by atoms with Crippen molar-refractivity contribution in [1.29, 1.82) is 0 Å². The van der Waals surface area contributed by atoms with Crippen LogP contribution in [0.25, 0.3) is 0 Å². The van der Waals surface area contributed by atoms with Crippen molar-refractivity contribution in [2.45, 2.75) is 12.5 Å². The van der Waals surface area contributed by atoms with Gasteiger partial charge >= 0.3 is 12.0 Å². The first-order valence-electron chi connectivity index (χ1n) is 9.00. The summed E-state index contributed by atoms with van der Waals surface area (Å²) >= 11 is 0. The lowest BCUT2D eigenvalue weighted by atomic mass is 9.96. The number of anilines is 1. The highest BCUT2D eigenvalue weighted by Gasteiger charge is 2.34. The molecule has 2 heterocycles. The molecule has 0 saturated heterocycles. The summed E-state index contributed by atoms with van der Waals surface area (Å²) in [6, 6.07) is 16.0. The molecule has 142 valence electrons. The number of carbonyl (C=O) groups is 2. The Bertz CT molecular complexity index is 982. The Morgan fingerprint density at radius 2 is 1.89 bits per heavy atom. The maximum atomic E-state index is 13.0. The summed E-state index contributed by atoms with van der Waals surface area (Å²) in [5.74, 6) is -0.413. The smallest absolute Gasteiger partial charge is 0.337 e. The highest BCUT2D eigenvalue weighted by Crippen LogP contribution is 2.33. The highest BCUT2D eigenvalue weighted by atomic mass is 16.5.